The fourth-order valence-corrected chi connectivity index (χ4v) is 6.24. The highest BCUT2D eigenvalue weighted by molar-refractivity contribution is 5.90. The van der Waals surface area contributed by atoms with E-state index in [-0.39, 0.29) is 37.3 Å². The molecule has 3 aliphatic rings. The molecule has 3 fully saturated rings. The molecule has 12 nitrogen and oxygen atoms in total. The molecule has 3 amide bonds. The Bertz CT molecular complexity index is 878. The number of nitrogens with zero attached hydrogens (tertiary/aromatic N) is 1. The van der Waals surface area contributed by atoms with E-state index in [1.807, 2.05) is 0 Å². The first-order valence-corrected chi connectivity index (χ1v) is 14.5. The summed E-state index contributed by atoms with van der Waals surface area (Å²) in [5.41, 5.74) is 5.56. The molecule has 5 atom stereocenters. The summed E-state index contributed by atoms with van der Waals surface area (Å²) in [4.78, 5) is 64.0. The molecule has 0 bridgehead atoms. The van der Waals surface area contributed by atoms with Crippen LogP contribution in [-0.2, 0) is 23.9 Å². The number of fused-ring (bicyclic) bond motifs is 1. The van der Waals surface area contributed by atoms with Crippen molar-refractivity contribution in [2.45, 2.75) is 127 Å². The molecular weight excluding hydrogens is 508 g/mol. The number of carbonyl (C=O) groups excluding carboxylic acids is 3. The SMILES string of the molecule is NCCCC[C@H](NC(=O)OC1CCCCC1)C(=O)N[C@H](CCC(=O)N1[C@H](C(=O)O)C[C@@H]2CCCC[C@@H]21)C(=O)O. The molecule has 0 unspecified atom stereocenters. The van der Waals surface area contributed by atoms with Crippen molar-refractivity contribution in [1.82, 2.24) is 15.5 Å². The van der Waals surface area contributed by atoms with E-state index in [1.54, 1.807) is 0 Å². The van der Waals surface area contributed by atoms with Gasteiger partial charge in [0.15, 0.2) is 0 Å². The number of aliphatic carboxylic acids is 2. The van der Waals surface area contributed by atoms with Gasteiger partial charge in [0.05, 0.1) is 0 Å². The van der Waals surface area contributed by atoms with Gasteiger partial charge in [0.1, 0.15) is 24.2 Å². The molecule has 0 spiro atoms. The molecule has 220 valence electrons. The Balaban J connectivity index is 1.59. The lowest BCUT2D eigenvalue weighted by Crippen LogP contribution is -2.52. The molecule has 1 aliphatic heterocycles. The topological polar surface area (TPSA) is 188 Å². The lowest BCUT2D eigenvalue weighted by molar-refractivity contribution is -0.150. The van der Waals surface area contributed by atoms with Crippen molar-refractivity contribution < 1.29 is 38.9 Å². The Kier molecular flexibility index (Phi) is 11.8. The zero-order valence-electron chi connectivity index (χ0n) is 22.6. The van der Waals surface area contributed by atoms with Gasteiger partial charge in [-0.1, -0.05) is 19.3 Å². The largest absolute Gasteiger partial charge is 0.480 e. The molecule has 0 aromatic heterocycles. The molecule has 0 aromatic carbocycles. The number of nitrogens with one attached hydrogen (secondary N) is 2. The number of ether oxygens (including phenoxy) is 1. The summed E-state index contributed by atoms with van der Waals surface area (Å²) in [6, 6.07) is -3.43. The maximum Gasteiger partial charge on any atom is 0.408 e. The Morgan fingerprint density at radius 1 is 0.872 bits per heavy atom. The normalized spacial score (nSPS) is 24.7. The van der Waals surface area contributed by atoms with Crippen LogP contribution in [0.3, 0.4) is 0 Å². The Labute approximate surface area is 229 Å². The van der Waals surface area contributed by atoms with Gasteiger partial charge in [-0.05, 0) is 83.1 Å². The smallest absolute Gasteiger partial charge is 0.408 e. The first-order chi connectivity index (χ1) is 18.7. The predicted octanol–water partition coefficient (Wildman–Crippen LogP) is 2.14. The number of hydrogen-bond acceptors (Lipinski definition) is 7. The van der Waals surface area contributed by atoms with Crippen LogP contribution in [0.1, 0.15) is 96.3 Å². The molecule has 1 saturated heterocycles. The number of carbonyl (C=O) groups is 5. The van der Waals surface area contributed by atoms with Crippen LogP contribution in [-0.4, -0.2) is 81.8 Å². The van der Waals surface area contributed by atoms with Crippen molar-refractivity contribution in [3.8, 4) is 0 Å². The van der Waals surface area contributed by atoms with Gasteiger partial charge in [-0.25, -0.2) is 14.4 Å². The second kappa shape index (κ2) is 15.0. The molecule has 6 N–H and O–H groups in total. The average Bonchev–Trinajstić information content (AvgIpc) is 3.31. The summed E-state index contributed by atoms with van der Waals surface area (Å²) in [5.74, 6) is -3.30. The molecular formula is C27H44N4O8. The summed E-state index contributed by atoms with van der Waals surface area (Å²) in [7, 11) is 0. The van der Waals surface area contributed by atoms with Gasteiger partial charge < -0.3 is 36.2 Å². The molecule has 0 radical (unpaired) electrons. The monoisotopic (exact) mass is 552 g/mol. The lowest BCUT2D eigenvalue weighted by atomic mass is 9.84. The van der Waals surface area contributed by atoms with Gasteiger partial charge in [-0.2, -0.15) is 0 Å². The molecule has 0 aromatic rings. The van der Waals surface area contributed by atoms with E-state index in [9.17, 15) is 34.2 Å². The van der Waals surface area contributed by atoms with Crippen molar-refractivity contribution >= 4 is 29.8 Å². The second-order valence-corrected chi connectivity index (χ2v) is 11.1. The van der Waals surface area contributed by atoms with Gasteiger partial charge in [0.25, 0.3) is 0 Å². The Hall–Kier alpha value is -2.89. The molecule has 39 heavy (non-hydrogen) atoms. The van der Waals surface area contributed by atoms with Crippen LogP contribution in [0.4, 0.5) is 4.79 Å². The van der Waals surface area contributed by atoms with E-state index < -0.39 is 48.0 Å². The van der Waals surface area contributed by atoms with E-state index in [2.05, 4.69) is 10.6 Å². The highest BCUT2D eigenvalue weighted by atomic mass is 16.6. The van der Waals surface area contributed by atoms with Crippen molar-refractivity contribution in [3.05, 3.63) is 0 Å². The fourth-order valence-electron chi connectivity index (χ4n) is 6.24. The van der Waals surface area contributed by atoms with Crippen LogP contribution >= 0.6 is 0 Å². The Morgan fingerprint density at radius 3 is 2.23 bits per heavy atom. The standard InChI is InChI=1S/C27H44N4O8/c28-15-7-6-11-19(30-27(38)39-18-9-2-1-3-10-18)24(33)29-20(25(34)35)13-14-23(32)31-21-12-5-4-8-17(21)16-22(31)26(36)37/h17-22H,1-16,28H2,(H,29,33)(H,30,38)(H,34,35)(H,36,37)/t17-,19-,20+,21-,22-/m0/s1. The van der Waals surface area contributed by atoms with Gasteiger partial charge in [-0.15, -0.1) is 0 Å². The first kappa shape index (κ1) is 30.6. The Morgan fingerprint density at radius 2 is 1.56 bits per heavy atom. The summed E-state index contributed by atoms with van der Waals surface area (Å²) in [5, 5.41) is 24.5. The van der Waals surface area contributed by atoms with E-state index in [1.165, 1.54) is 4.90 Å². The summed E-state index contributed by atoms with van der Waals surface area (Å²) < 4.78 is 5.47. The van der Waals surface area contributed by atoms with Crippen LogP contribution in [0, 0.1) is 5.92 Å². The van der Waals surface area contributed by atoms with E-state index in [4.69, 9.17) is 10.5 Å². The first-order valence-electron chi connectivity index (χ1n) is 14.5. The van der Waals surface area contributed by atoms with Gasteiger partial charge in [0, 0.05) is 12.5 Å². The molecule has 12 heteroatoms. The quantitative estimate of drug-likeness (QED) is 0.213. The van der Waals surface area contributed by atoms with Crippen molar-refractivity contribution in [3.63, 3.8) is 0 Å². The van der Waals surface area contributed by atoms with Crippen LogP contribution in [0.25, 0.3) is 0 Å². The predicted molar refractivity (Wildman–Crippen MR) is 141 cm³/mol. The molecule has 2 aliphatic carbocycles. The summed E-state index contributed by atoms with van der Waals surface area (Å²) in [6.45, 7) is 0.413. The summed E-state index contributed by atoms with van der Waals surface area (Å²) in [6.07, 6.45) is 8.68. The van der Waals surface area contributed by atoms with Crippen LogP contribution in [0.5, 0.6) is 0 Å². The van der Waals surface area contributed by atoms with E-state index in [0.29, 0.717) is 25.8 Å². The van der Waals surface area contributed by atoms with Crippen LogP contribution < -0.4 is 16.4 Å². The third kappa shape index (κ3) is 8.81. The number of nitrogens with two attached hydrogens (primary N) is 1. The number of amides is 3. The number of alkyl carbamates (subject to hydrolysis) is 1. The van der Waals surface area contributed by atoms with Crippen molar-refractivity contribution in [2.24, 2.45) is 11.7 Å². The zero-order valence-corrected chi connectivity index (χ0v) is 22.6. The minimum atomic E-state index is -1.37. The lowest BCUT2D eigenvalue weighted by Gasteiger charge is -2.33. The van der Waals surface area contributed by atoms with Crippen LogP contribution in [0.15, 0.2) is 0 Å². The van der Waals surface area contributed by atoms with Crippen molar-refractivity contribution in [2.75, 3.05) is 6.54 Å². The van der Waals surface area contributed by atoms with Gasteiger partial charge >= 0.3 is 18.0 Å². The van der Waals surface area contributed by atoms with Gasteiger partial charge in [-0.3, -0.25) is 9.59 Å². The number of likely N-dealkylation sites (tertiary alicyclic amines) is 1. The summed E-state index contributed by atoms with van der Waals surface area (Å²) >= 11 is 0. The maximum absolute atomic E-state index is 13.1. The highest BCUT2D eigenvalue weighted by Crippen LogP contribution is 2.40. The third-order valence-electron chi connectivity index (χ3n) is 8.30. The average molecular weight is 553 g/mol. The number of hydrogen-bond donors (Lipinski definition) is 5. The minimum Gasteiger partial charge on any atom is -0.480 e. The van der Waals surface area contributed by atoms with Crippen molar-refractivity contribution in [1.29, 1.82) is 0 Å². The van der Waals surface area contributed by atoms with E-state index in [0.717, 1.165) is 57.8 Å². The molecule has 1 heterocycles. The number of unbranched alkanes of at least 4 members (excludes halogenated alkanes) is 1. The maximum atomic E-state index is 13.1. The second-order valence-electron chi connectivity index (χ2n) is 11.1. The third-order valence-corrected chi connectivity index (χ3v) is 8.30. The number of carboxylic acids is 2. The minimum absolute atomic E-state index is 0.142. The van der Waals surface area contributed by atoms with Gasteiger partial charge in [0.2, 0.25) is 11.8 Å². The highest BCUT2D eigenvalue weighted by Gasteiger charge is 2.47. The van der Waals surface area contributed by atoms with Crippen LogP contribution in [0.2, 0.25) is 0 Å². The zero-order chi connectivity index (χ0) is 28.4. The van der Waals surface area contributed by atoms with E-state index >= 15 is 0 Å². The molecule has 3 rings (SSSR count). The fraction of sp³-hybridized carbons (Fsp3) is 0.815. The number of carboxylic acid groups (broad SMARTS) is 2. The number of rotatable bonds is 13. The molecule has 2 saturated carbocycles.